The van der Waals surface area contributed by atoms with Crippen molar-refractivity contribution >= 4 is 5.91 Å². The van der Waals surface area contributed by atoms with E-state index in [1.807, 2.05) is 0 Å². The van der Waals surface area contributed by atoms with Gasteiger partial charge < -0.3 is 5.32 Å². The fourth-order valence-corrected chi connectivity index (χ4v) is 1.91. The summed E-state index contributed by atoms with van der Waals surface area (Å²) in [4.78, 5) is 10.8. The number of amides is 1. The Hall–Kier alpha value is -1.45. The minimum Gasteiger partial charge on any atom is -0.355 e. The van der Waals surface area contributed by atoms with Gasteiger partial charge in [0.05, 0.1) is 0 Å². The first-order valence-electron chi connectivity index (χ1n) is 5.23. The van der Waals surface area contributed by atoms with Crippen LogP contribution in [0.5, 0.6) is 0 Å². The quantitative estimate of drug-likeness (QED) is 0.838. The smallest absolute Gasteiger partial charge is 0.216 e. The molecule has 1 aliphatic carbocycles. The summed E-state index contributed by atoms with van der Waals surface area (Å²) in [5.41, 5.74) is 0.186. The monoisotopic (exact) mass is 225 g/mol. The Labute approximate surface area is 92.7 Å². The molecule has 1 aliphatic rings. The van der Waals surface area contributed by atoms with Gasteiger partial charge in [-0.15, -0.1) is 0 Å². The Morgan fingerprint density at radius 2 is 2.12 bits per heavy atom. The lowest BCUT2D eigenvalue weighted by Gasteiger charge is -2.16. The normalized spacial score (nSPS) is 16.9. The molecule has 1 fully saturated rings. The molecule has 0 aliphatic heterocycles. The second-order valence-electron chi connectivity index (χ2n) is 4.31. The highest BCUT2D eigenvalue weighted by molar-refractivity contribution is 5.73. The largest absolute Gasteiger partial charge is 0.355 e. The van der Waals surface area contributed by atoms with Crippen LogP contribution in [0.15, 0.2) is 18.2 Å². The lowest BCUT2D eigenvalue weighted by Crippen LogP contribution is -2.31. The van der Waals surface area contributed by atoms with Gasteiger partial charge in [-0.05, 0) is 24.5 Å². The van der Waals surface area contributed by atoms with Gasteiger partial charge in [-0.3, -0.25) is 4.79 Å². The number of hydrogen-bond donors (Lipinski definition) is 1. The number of benzene rings is 1. The Bertz CT molecular complexity index is 427. The highest BCUT2D eigenvalue weighted by atomic mass is 19.1. The van der Waals surface area contributed by atoms with Crippen molar-refractivity contribution in [1.82, 2.24) is 5.32 Å². The van der Waals surface area contributed by atoms with Crippen LogP contribution in [0.3, 0.4) is 0 Å². The van der Waals surface area contributed by atoms with E-state index in [2.05, 4.69) is 5.32 Å². The van der Waals surface area contributed by atoms with Crippen LogP contribution in [-0.2, 0) is 10.2 Å². The third kappa shape index (κ3) is 2.05. The minimum absolute atomic E-state index is 0.131. The van der Waals surface area contributed by atoms with Gasteiger partial charge in [0.15, 0.2) is 0 Å². The van der Waals surface area contributed by atoms with Crippen molar-refractivity contribution in [3.63, 3.8) is 0 Å². The molecule has 2 rings (SSSR count). The summed E-state index contributed by atoms with van der Waals surface area (Å²) in [6.07, 6.45) is 1.66. The van der Waals surface area contributed by atoms with E-state index in [9.17, 15) is 13.6 Å². The molecule has 1 aromatic carbocycles. The summed E-state index contributed by atoms with van der Waals surface area (Å²) in [6.45, 7) is 1.85. The Kier molecular flexibility index (Phi) is 2.66. The molecule has 0 radical (unpaired) electrons. The molecule has 1 aromatic rings. The summed E-state index contributed by atoms with van der Waals surface area (Å²) < 4.78 is 26.3. The molecule has 2 nitrogen and oxygen atoms in total. The molecule has 16 heavy (non-hydrogen) atoms. The molecular weight excluding hydrogens is 212 g/mol. The number of hydrogen-bond acceptors (Lipinski definition) is 1. The molecule has 0 spiro atoms. The predicted molar refractivity (Wildman–Crippen MR) is 56.0 cm³/mol. The number of rotatable bonds is 3. The van der Waals surface area contributed by atoms with E-state index in [1.165, 1.54) is 19.1 Å². The first kappa shape index (κ1) is 11.0. The number of halogens is 2. The van der Waals surface area contributed by atoms with E-state index < -0.39 is 11.6 Å². The molecule has 1 amide bonds. The average molecular weight is 225 g/mol. The van der Waals surface area contributed by atoms with E-state index in [0.29, 0.717) is 12.1 Å². The highest BCUT2D eigenvalue weighted by Crippen LogP contribution is 2.48. The zero-order valence-electron chi connectivity index (χ0n) is 9.02. The van der Waals surface area contributed by atoms with Gasteiger partial charge >= 0.3 is 0 Å². The SMILES string of the molecule is CC(=O)NCC1(c2ccc(F)cc2F)CC1. The van der Waals surface area contributed by atoms with Gasteiger partial charge in [0.25, 0.3) is 0 Å². The van der Waals surface area contributed by atoms with Crippen LogP contribution in [0.1, 0.15) is 25.3 Å². The van der Waals surface area contributed by atoms with Crippen LogP contribution in [0.25, 0.3) is 0 Å². The van der Waals surface area contributed by atoms with E-state index in [0.717, 1.165) is 18.9 Å². The topological polar surface area (TPSA) is 29.1 Å². The molecule has 86 valence electrons. The van der Waals surface area contributed by atoms with Crippen LogP contribution in [-0.4, -0.2) is 12.5 Å². The summed E-state index contributed by atoms with van der Waals surface area (Å²) >= 11 is 0. The van der Waals surface area contributed by atoms with Crippen molar-refractivity contribution in [3.05, 3.63) is 35.4 Å². The zero-order chi connectivity index (χ0) is 11.8. The van der Waals surface area contributed by atoms with E-state index >= 15 is 0 Å². The summed E-state index contributed by atoms with van der Waals surface area (Å²) in [6, 6.07) is 3.62. The molecule has 0 saturated heterocycles. The minimum atomic E-state index is -0.573. The Morgan fingerprint density at radius 3 is 2.62 bits per heavy atom. The van der Waals surface area contributed by atoms with Crippen molar-refractivity contribution in [1.29, 1.82) is 0 Å². The van der Waals surface area contributed by atoms with Gasteiger partial charge in [0.1, 0.15) is 11.6 Å². The van der Waals surface area contributed by atoms with E-state index in [4.69, 9.17) is 0 Å². The summed E-state index contributed by atoms with van der Waals surface area (Å²) in [7, 11) is 0. The van der Waals surface area contributed by atoms with E-state index in [1.54, 1.807) is 0 Å². The second kappa shape index (κ2) is 3.85. The highest BCUT2D eigenvalue weighted by Gasteiger charge is 2.45. The lowest BCUT2D eigenvalue weighted by atomic mass is 9.95. The first-order valence-corrected chi connectivity index (χ1v) is 5.23. The molecule has 0 heterocycles. The standard InChI is InChI=1S/C12H13F2NO/c1-8(16)15-7-12(4-5-12)10-3-2-9(13)6-11(10)14/h2-3,6H,4-5,7H2,1H3,(H,15,16). The van der Waals surface area contributed by atoms with Crippen LogP contribution in [0.4, 0.5) is 8.78 Å². The van der Waals surface area contributed by atoms with Gasteiger partial charge in [0, 0.05) is 24.9 Å². The molecule has 0 unspecified atom stereocenters. The maximum Gasteiger partial charge on any atom is 0.216 e. The van der Waals surface area contributed by atoms with Gasteiger partial charge in [-0.25, -0.2) is 8.78 Å². The van der Waals surface area contributed by atoms with Gasteiger partial charge in [0.2, 0.25) is 5.91 Å². The maximum absolute atomic E-state index is 13.6. The van der Waals surface area contributed by atoms with Crippen molar-refractivity contribution in [2.24, 2.45) is 0 Å². The van der Waals surface area contributed by atoms with Crippen molar-refractivity contribution < 1.29 is 13.6 Å². The van der Waals surface area contributed by atoms with E-state index in [-0.39, 0.29) is 11.3 Å². The fraction of sp³-hybridized carbons (Fsp3) is 0.417. The van der Waals surface area contributed by atoms with Crippen molar-refractivity contribution in [2.45, 2.75) is 25.2 Å². The average Bonchev–Trinajstić information content (AvgIpc) is 2.96. The predicted octanol–water partition coefficient (Wildman–Crippen LogP) is 2.13. The Morgan fingerprint density at radius 1 is 1.44 bits per heavy atom. The molecule has 4 heteroatoms. The lowest BCUT2D eigenvalue weighted by molar-refractivity contribution is -0.119. The first-order chi connectivity index (χ1) is 7.53. The third-order valence-electron chi connectivity index (χ3n) is 3.03. The van der Waals surface area contributed by atoms with Crippen LogP contribution in [0.2, 0.25) is 0 Å². The summed E-state index contributed by atoms with van der Waals surface area (Å²) in [5, 5.41) is 2.69. The number of nitrogens with one attached hydrogen (secondary N) is 1. The van der Waals surface area contributed by atoms with Crippen molar-refractivity contribution in [3.8, 4) is 0 Å². The molecule has 0 atom stereocenters. The van der Waals surface area contributed by atoms with Crippen molar-refractivity contribution in [2.75, 3.05) is 6.54 Å². The van der Waals surface area contributed by atoms with Gasteiger partial charge in [-0.2, -0.15) is 0 Å². The van der Waals surface area contributed by atoms with Gasteiger partial charge in [-0.1, -0.05) is 6.07 Å². The molecular formula is C12H13F2NO. The molecule has 0 bridgehead atoms. The third-order valence-corrected chi connectivity index (χ3v) is 3.03. The van der Waals surface area contributed by atoms with Crippen LogP contribution in [0, 0.1) is 11.6 Å². The molecule has 1 saturated carbocycles. The number of carbonyl (C=O) groups excluding carboxylic acids is 1. The number of carbonyl (C=O) groups is 1. The van der Waals surface area contributed by atoms with Crippen LogP contribution >= 0.6 is 0 Å². The zero-order valence-corrected chi connectivity index (χ0v) is 9.02. The molecule has 0 aromatic heterocycles. The fourth-order valence-electron chi connectivity index (χ4n) is 1.91. The Balaban J connectivity index is 2.19. The van der Waals surface area contributed by atoms with Crippen LogP contribution < -0.4 is 5.32 Å². The molecule has 1 N–H and O–H groups in total. The second-order valence-corrected chi connectivity index (χ2v) is 4.31. The maximum atomic E-state index is 13.6. The summed E-state index contributed by atoms with van der Waals surface area (Å²) in [5.74, 6) is -1.23.